The summed E-state index contributed by atoms with van der Waals surface area (Å²) in [6.45, 7) is 2.54. The molecule has 1 atom stereocenters. The molecule has 0 aromatic heterocycles. The minimum Gasteiger partial charge on any atom is -0.493 e. The van der Waals surface area contributed by atoms with Crippen molar-refractivity contribution in [2.75, 3.05) is 6.61 Å². The molecule has 1 heterocycles. The van der Waals surface area contributed by atoms with Crippen LogP contribution in [0.1, 0.15) is 28.3 Å². The van der Waals surface area contributed by atoms with E-state index < -0.39 is 0 Å². The Morgan fingerprint density at radius 2 is 2.10 bits per heavy atom. The molecule has 0 fully saturated rings. The number of nitrogens with two attached hydrogens (primary N) is 1. The molecular formula is C17H17ClFNO. The maximum absolute atomic E-state index is 13.5. The van der Waals surface area contributed by atoms with Crippen molar-refractivity contribution in [3.05, 3.63) is 63.4 Å². The standard InChI is InChI=1S/C17H17ClFNO/c1-10-4-12(8-15(19)5-10)16(20)9-13-7-14(18)6-11-2-3-21-17(11)13/h4-8,16H,2-3,9,20H2,1H3. The Bertz CT molecular complexity index is 666. The van der Waals surface area contributed by atoms with Gasteiger partial charge in [-0.25, -0.2) is 4.39 Å². The molecule has 0 amide bonds. The van der Waals surface area contributed by atoms with Gasteiger partial charge in [0.2, 0.25) is 0 Å². The summed E-state index contributed by atoms with van der Waals surface area (Å²) in [4.78, 5) is 0. The topological polar surface area (TPSA) is 35.2 Å². The summed E-state index contributed by atoms with van der Waals surface area (Å²) in [6.07, 6.45) is 1.45. The fourth-order valence-electron chi connectivity index (χ4n) is 2.83. The summed E-state index contributed by atoms with van der Waals surface area (Å²) in [5.74, 6) is 0.635. The summed E-state index contributed by atoms with van der Waals surface area (Å²) < 4.78 is 19.2. The second kappa shape index (κ2) is 5.66. The van der Waals surface area contributed by atoms with Gasteiger partial charge < -0.3 is 10.5 Å². The van der Waals surface area contributed by atoms with Crippen LogP contribution < -0.4 is 10.5 Å². The zero-order valence-electron chi connectivity index (χ0n) is 11.8. The largest absolute Gasteiger partial charge is 0.493 e. The van der Waals surface area contributed by atoms with Crippen LogP contribution in [0.15, 0.2) is 30.3 Å². The lowest BCUT2D eigenvalue weighted by Gasteiger charge is -2.16. The summed E-state index contributed by atoms with van der Waals surface area (Å²) >= 11 is 6.15. The molecule has 1 aliphatic rings. The summed E-state index contributed by atoms with van der Waals surface area (Å²) in [6, 6.07) is 8.44. The van der Waals surface area contributed by atoms with Crippen LogP contribution in [0.3, 0.4) is 0 Å². The minimum absolute atomic E-state index is 0.256. The maximum Gasteiger partial charge on any atom is 0.125 e. The average Bonchev–Trinajstić information content (AvgIpc) is 2.85. The number of halogens is 2. The summed E-state index contributed by atoms with van der Waals surface area (Å²) in [7, 11) is 0. The molecule has 2 aromatic carbocycles. The fourth-order valence-corrected chi connectivity index (χ4v) is 3.09. The van der Waals surface area contributed by atoms with Crippen LogP contribution in [0, 0.1) is 12.7 Å². The Labute approximate surface area is 128 Å². The number of ether oxygens (including phenoxy) is 1. The number of fused-ring (bicyclic) bond motifs is 1. The highest BCUT2D eigenvalue weighted by Gasteiger charge is 2.20. The lowest BCUT2D eigenvalue weighted by Crippen LogP contribution is -2.14. The van der Waals surface area contributed by atoms with Crippen LogP contribution in [-0.2, 0) is 12.8 Å². The quantitative estimate of drug-likeness (QED) is 0.931. The molecule has 21 heavy (non-hydrogen) atoms. The second-order valence-corrected chi connectivity index (χ2v) is 5.96. The van der Waals surface area contributed by atoms with E-state index in [9.17, 15) is 4.39 Å². The predicted molar refractivity (Wildman–Crippen MR) is 82.4 cm³/mol. The van der Waals surface area contributed by atoms with Crippen LogP contribution in [0.4, 0.5) is 4.39 Å². The fraction of sp³-hybridized carbons (Fsp3) is 0.294. The number of hydrogen-bond donors (Lipinski definition) is 1. The van der Waals surface area contributed by atoms with E-state index in [2.05, 4.69) is 0 Å². The van der Waals surface area contributed by atoms with Gasteiger partial charge >= 0.3 is 0 Å². The van der Waals surface area contributed by atoms with Gasteiger partial charge in [0.15, 0.2) is 0 Å². The molecule has 0 aliphatic carbocycles. The van der Waals surface area contributed by atoms with Crippen molar-refractivity contribution in [3.63, 3.8) is 0 Å². The second-order valence-electron chi connectivity index (χ2n) is 5.52. The highest BCUT2D eigenvalue weighted by Crippen LogP contribution is 2.35. The van der Waals surface area contributed by atoms with Gasteiger partial charge in [0, 0.05) is 17.5 Å². The van der Waals surface area contributed by atoms with Crippen molar-refractivity contribution in [3.8, 4) is 5.75 Å². The van der Waals surface area contributed by atoms with Crippen LogP contribution in [0.2, 0.25) is 5.02 Å². The average molecular weight is 306 g/mol. The van der Waals surface area contributed by atoms with Gasteiger partial charge in [-0.1, -0.05) is 17.7 Å². The van der Waals surface area contributed by atoms with E-state index >= 15 is 0 Å². The lowest BCUT2D eigenvalue weighted by atomic mass is 9.96. The van der Waals surface area contributed by atoms with E-state index in [0.29, 0.717) is 18.1 Å². The van der Waals surface area contributed by atoms with Crippen molar-refractivity contribution in [2.45, 2.75) is 25.8 Å². The lowest BCUT2D eigenvalue weighted by molar-refractivity contribution is 0.352. The molecular weight excluding hydrogens is 289 g/mol. The highest BCUT2D eigenvalue weighted by atomic mass is 35.5. The first-order chi connectivity index (χ1) is 10.0. The number of hydrogen-bond acceptors (Lipinski definition) is 2. The van der Waals surface area contributed by atoms with E-state index in [1.165, 1.54) is 12.1 Å². The van der Waals surface area contributed by atoms with Gasteiger partial charge in [0.1, 0.15) is 11.6 Å². The third-order valence-corrected chi connectivity index (χ3v) is 3.98. The van der Waals surface area contributed by atoms with E-state index in [0.717, 1.165) is 34.4 Å². The normalized spacial score (nSPS) is 14.7. The summed E-state index contributed by atoms with van der Waals surface area (Å²) in [5.41, 5.74) is 10.0. The molecule has 4 heteroatoms. The van der Waals surface area contributed by atoms with Crippen molar-refractivity contribution in [2.24, 2.45) is 5.73 Å². The molecule has 2 N–H and O–H groups in total. The SMILES string of the molecule is Cc1cc(F)cc(C(N)Cc2cc(Cl)cc3c2OCC3)c1. The molecule has 3 rings (SSSR count). The molecule has 0 spiro atoms. The molecule has 2 aromatic rings. The van der Waals surface area contributed by atoms with Gasteiger partial charge in [0.05, 0.1) is 6.61 Å². The first-order valence-corrected chi connectivity index (χ1v) is 7.37. The molecule has 0 saturated carbocycles. The van der Waals surface area contributed by atoms with Crippen molar-refractivity contribution in [1.82, 2.24) is 0 Å². The van der Waals surface area contributed by atoms with Crippen LogP contribution in [0.25, 0.3) is 0 Å². The zero-order valence-corrected chi connectivity index (χ0v) is 12.6. The molecule has 2 nitrogen and oxygen atoms in total. The molecule has 0 saturated heterocycles. The van der Waals surface area contributed by atoms with Gasteiger partial charge in [-0.05, 0) is 59.9 Å². The van der Waals surface area contributed by atoms with Gasteiger partial charge in [0.25, 0.3) is 0 Å². The number of rotatable bonds is 3. The maximum atomic E-state index is 13.5. The Hall–Kier alpha value is -1.58. The molecule has 1 aliphatic heterocycles. The third-order valence-electron chi connectivity index (χ3n) is 3.76. The van der Waals surface area contributed by atoms with Gasteiger partial charge in [-0.15, -0.1) is 0 Å². The summed E-state index contributed by atoms with van der Waals surface area (Å²) in [5, 5.41) is 0.692. The van der Waals surface area contributed by atoms with Crippen LogP contribution in [-0.4, -0.2) is 6.61 Å². The number of aryl methyl sites for hydroxylation is 1. The first-order valence-electron chi connectivity index (χ1n) is 6.99. The third kappa shape index (κ3) is 3.04. The molecule has 0 radical (unpaired) electrons. The van der Waals surface area contributed by atoms with E-state index in [4.69, 9.17) is 22.1 Å². The Morgan fingerprint density at radius 1 is 1.29 bits per heavy atom. The smallest absolute Gasteiger partial charge is 0.125 e. The van der Waals surface area contributed by atoms with Crippen LogP contribution in [0.5, 0.6) is 5.75 Å². The monoisotopic (exact) mass is 305 g/mol. The van der Waals surface area contributed by atoms with Gasteiger partial charge in [-0.2, -0.15) is 0 Å². The Balaban J connectivity index is 1.90. The predicted octanol–water partition coefficient (Wildman–Crippen LogP) is 3.96. The Morgan fingerprint density at radius 3 is 2.86 bits per heavy atom. The molecule has 1 unspecified atom stereocenters. The molecule has 0 bridgehead atoms. The minimum atomic E-state index is -0.286. The van der Waals surface area contributed by atoms with E-state index in [1.54, 1.807) is 0 Å². The molecule has 110 valence electrons. The first kappa shape index (κ1) is 14.4. The van der Waals surface area contributed by atoms with Crippen LogP contribution >= 0.6 is 11.6 Å². The van der Waals surface area contributed by atoms with E-state index in [-0.39, 0.29) is 11.9 Å². The highest BCUT2D eigenvalue weighted by molar-refractivity contribution is 6.30. The van der Waals surface area contributed by atoms with Crippen molar-refractivity contribution < 1.29 is 9.13 Å². The van der Waals surface area contributed by atoms with Crippen molar-refractivity contribution in [1.29, 1.82) is 0 Å². The Kier molecular flexibility index (Phi) is 3.87. The van der Waals surface area contributed by atoms with Crippen molar-refractivity contribution >= 4 is 11.6 Å². The van der Waals surface area contributed by atoms with Gasteiger partial charge in [-0.3, -0.25) is 0 Å². The zero-order chi connectivity index (χ0) is 15.0. The number of benzene rings is 2. The van der Waals surface area contributed by atoms with E-state index in [1.807, 2.05) is 25.1 Å².